The number of carboxylic acids is 1. The van der Waals surface area contributed by atoms with E-state index < -0.39 is 18.1 Å². The van der Waals surface area contributed by atoms with Gasteiger partial charge in [0, 0.05) is 24.1 Å². The van der Waals surface area contributed by atoms with E-state index in [0.29, 0.717) is 22.6 Å². The first-order chi connectivity index (χ1) is 19.4. The maximum atomic E-state index is 13.6. The van der Waals surface area contributed by atoms with Gasteiger partial charge in [-0.15, -0.1) is 0 Å². The first-order valence-electron chi connectivity index (χ1n) is 13.0. The number of carbonyl (C=O) groups is 2. The molecule has 8 heteroatoms. The summed E-state index contributed by atoms with van der Waals surface area (Å²) >= 11 is 0. The summed E-state index contributed by atoms with van der Waals surface area (Å²) < 4.78 is 21.0. The number of benzene rings is 3. The summed E-state index contributed by atoms with van der Waals surface area (Å²) in [6.07, 6.45) is 0.935. The van der Waals surface area contributed by atoms with Crippen LogP contribution in [0.1, 0.15) is 28.3 Å². The molecular formula is C32H26FN3O4. The van der Waals surface area contributed by atoms with E-state index >= 15 is 0 Å². The number of carboxylic acid groups (broad SMARTS) is 1. The number of aliphatic carboxylic acids is 1. The molecule has 1 amide bonds. The van der Waals surface area contributed by atoms with Crippen LogP contribution in [0.5, 0.6) is 0 Å². The lowest BCUT2D eigenvalue weighted by Gasteiger charge is -2.18. The second-order valence-corrected chi connectivity index (χ2v) is 9.91. The number of fused-ring (bicyclic) bond motifs is 4. The molecule has 1 aliphatic carbocycles. The first kappa shape index (κ1) is 25.3. The van der Waals surface area contributed by atoms with Crippen molar-refractivity contribution in [2.24, 2.45) is 0 Å². The Labute approximate surface area is 229 Å². The molecule has 2 N–H and O–H groups in total. The van der Waals surface area contributed by atoms with E-state index in [1.165, 1.54) is 12.1 Å². The fourth-order valence-corrected chi connectivity index (χ4v) is 5.41. The second-order valence-electron chi connectivity index (χ2n) is 9.91. The van der Waals surface area contributed by atoms with Gasteiger partial charge in [0.1, 0.15) is 24.1 Å². The van der Waals surface area contributed by atoms with Crippen molar-refractivity contribution < 1.29 is 23.8 Å². The van der Waals surface area contributed by atoms with Crippen LogP contribution >= 0.6 is 0 Å². The third-order valence-electron chi connectivity index (χ3n) is 7.33. The Morgan fingerprint density at radius 3 is 2.30 bits per heavy atom. The number of hydrogen-bond acceptors (Lipinski definition) is 4. The van der Waals surface area contributed by atoms with Crippen molar-refractivity contribution in [1.29, 1.82) is 0 Å². The van der Waals surface area contributed by atoms with Crippen LogP contribution in [0.4, 0.5) is 9.18 Å². The molecule has 7 nitrogen and oxygen atoms in total. The van der Waals surface area contributed by atoms with E-state index in [9.17, 15) is 19.1 Å². The van der Waals surface area contributed by atoms with E-state index in [1.807, 2.05) is 73.8 Å². The molecule has 0 aliphatic heterocycles. The third kappa shape index (κ3) is 4.68. The molecule has 1 atom stereocenters. The van der Waals surface area contributed by atoms with Crippen LogP contribution in [0.2, 0.25) is 0 Å². The second kappa shape index (κ2) is 10.3. The Bertz CT molecular complexity index is 1700. The monoisotopic (exact) mass is 535 g/mol. The van der Waals surface area contributed by atoms with Crippen molar-refractivity contribution in [3.05, 3.63) is 119 Å². The molecule has 0 saturated carbocycles. The third-order valence-corrected chi connectivity index (χ3v) is 7.33. The average molecular weight is 536 g/mol. The van der Waals surface area contributed by atoms with Crippen LogP contribution in [0.25, 0.3) is 28.0 Å². The Balaban J connectivity index is 1.23. The summed E-state index contributed by atoms with van der Waals surface area (Å²) in [7, 11) is 0. The summed E-state index contributed by atoms with van der Waals surface area (Å²) in [6.45, 7) is 2.01. The van der Waals surface area contributed by atoms with Crippen LogP contribution in [0, 0.1) is 12.7 Å². The highest BCUT2D eigenvalue weighted by Crippen LogP contribution is 2.44. The number of imidazole rings is 1. The summed E-state index contributed by atoms with van der Waals surface area (Å²) in [5.41, 5.74) is 7.69. The SMILES string of the molecule is Cc1ccn2c(CC(NC(=O)OCC3c4ccccc4-c4ccccc43)C(=O)O)c(-c3ccc(F)cc3)nc2c1. The van der Waals surface area contributed by atoms with E-state index in [-0.39, 0.29) is 24.8 Å². The van der Waals surface area contributed by atoms with E-state index in [0.717, 1.165) is 27.8 Å². The molecule has 0 fully saturated rings. The van der Waals surface area contributed by atoms with Crippen molar-refractivity contribution >= 4 is 17.7 Å². The maximum Gasteiger partial charge on any atom is 0.407 e. The van der Waals surface area contributed by atoms with Crippen molar-refractivity contribution in [3.8, 4) is 22.4 Å². The van der Waals surface area contributed by atoms with E-state index in [2.05, 4.69) is 5.32 Å². The standard InChI is InChI=1S/C32H26FN3O4/c1-19-14-15-36-28(30(35-29(36)16-19)20-10-12-21(33)13-11-20)17-27(31(37)38)34-32(39)40-18-26-24-8-4-2-6-22(24)23-7-3-5-9-25(23)26/h2-16,26-27H,17-18H2,1H3,(H,34,39)(H,37,38). The van der Waals surface area contributed by atoms with Gasteiger partial charge in [-0.25, -0.2) is 19.0 Å². The number of nitrogens with zero attached hydrogens (tertiary/aromatic N) is 2. The Hall–Kier alpha value is -4.98. The van der Waals surface area contributed by atoms with Crippen LogP contribution < -0.4 is 5.32 Å². The fraction of sp³-hybridized carbons (Fsp3) is 0.156. The molecule has 2 aromatic heterocycles. The Morgan fingerprint density at radius 1 is 1.00 bits per heavy atom. The van der Waals surface area contributed by atoms with Gasteiger partial charge in [0.2, 0.25) is 0 Å². The highest BCUT2D eigenvalue weighted by atomic mass is 19.1. The van der Waals surface area contributed by atoms with Gasteiger partial charge in [-0.2, -0.15) is 0 Å². The Morgan fingerprint density at radius 2 is 1.65 bits per heavy atom. The molecule has 1 aliphatic rings. The first-order valence-corrected chi connectivity index (χ1v) is 13.0. The number of pyridine rings is 1. The minimum absolute atomic E-state index is 0.0591. The predicted molar refractivity (Wildman–Crippen MR) is 149 cm³/mol. The van der Waals surface area contributed by atoms with Crippen LogP contribution in [0.15, 0.2) is 91.1 Å². The largest absolute Gasteiger partial charge is 0.480 e. The van der Waals surface area contributed by atoms with Crippen molar-refractivity contribution in [2.45, 2.75) is 25.3 Å². The van der Waals surface area contributed by atoms with Gasteiger partial charge < -0.3 is 19.6 Å². The number of ether oxygens (including phenoxy) is 1. The molecule has 0 spiro atoms. The van der Waals surface area contributed by atoms with Crippen LogP contribution in [0.3, 0.4) is 0 Å². The minimum Gasteiger partial charge on any atom is -0.480 e. The zero-order valence-corrected chi connectivity index (χ0v) is 21.7. The number of halogens is 1. The van der Waals surface area contributed by atoms with Crippen molar-refractivity contribution in [1.82, 2.24) is 14.7 Å². The smallest absolute Gasteiger partial charge is 0.407 e. The number of aryl methyl sites for hydroxylation is 1. The van der Waals surface area contributed by atoms with Crippen LogP contribution in [-0.2, 0) is 16.0 Å². The highest BCUT2D eigenvalue weighted by molar-refractivity contribution is 5.82. The minimum atomic E-state index is -1.28. The van der Waals surface area contributed by atoms with Gasteiger partial charge in [0.05, 0.1) is 11.4 Å². The highest BCUT2D eigenvalue weighted by Gasteiger charge is 2.30. The Kier molecular flexibility index (Phi) is 6.51. The number of rotatable bonds is 7. The normalized spacial score (nSPS) is 13.1. The number of amides is 1. The molecule has 3 aromatic carbocycles. The number of alkyl carbamates (subject to hydrolysis) is 1. The van der Waals surface area contributed by atoms with Gasteiger partial charge in [-0.3, -0.25) is 0 Å². The molecule has 200 valence electrons. The predicted octanol–water partition coefficient (Wildman–Crippen LogP) is 5.98. The van der Waals surface area contributed by atoms with Crippen molar-refractivity contribution in [3.63, 3.8) is 0 Å². The van der Waals surface area contributed by atoms with Gasteiger partial charge in [-0.05, 0) is 71.1 Å². The zero-order chi connectivity index (χ0) is 27.8. The van der Waals surface area contributed by atoms with Gasteiger partial charge in [-0.1, -0.05) is 48.5 Å². The molecule has 6 rings (SSSR count). The lowest BCUT2D eigenvalue weighted by Crippen LogP contribution is -2.43. The van der Waals surface area contributed by atoms with Gasteiger partial charge in [0.25, 0.3) is 0 Å². The maximum absolute atomic E-state index is 13.6. The summed E-state index contributed by atoms with van der Waals surface area (Å²) in [4.78, 5) is 29.9. The molecule has 1 unspecified atom stereocenters. The van der Waals surface area contributed by atoms with Gasteiger partial charge >= 0.3 is 12.1 Å². The summed E-state index contributed by atoms with van der Waals surface area (Å²) in [6, 6.07) is 24.3. The molecular weight excluding hydrogens is 509 g/mol. The fourth-order valence-electron chi connectivity index (χ4n) is 5.41. The molecule has 2 heterocycles. The molecule has 5 aromatic rings. The van der Waals surface area contributed by atoms with Gasteiger partial charge in [0.15, 0.2) is 0 Å². The van der Waals surface area contributed by atoms with E-state index in [4.69, 9.17) is 9.72 Å². The molecule has 0 radical (unpaired) electrons. The zero-order valence-electron chi connectivity index (χ0n) is 21.7. The molecule has 40 heavy (non-hydrogen) atoms. The number of carbonyl (C=O) groups excluding carboxylic acids is 1. The van der Waals surface area contributed by atoms with Crippen molar-refractivity contribution in [2.75, 3.05) is 6.61 Å². The van der Waals surface area contributed by atoms with E-state index in [1.54, 1.807) is 16.5 Å². The number of hydrogen-bond donors (Lipinski definition) is 2. The topological polar surface area (TPSA) is 92.9 Å². The van der Waals surface area contributed by atoms with Crippen LogP contribution in [-0.4, -0.2) is 39.2 Å². The quantitative estimate of drug-likeness (QED) is 0.267. The summed E-state index contributed by atoms with van der Waals surface area (Å²) in [5, 5.41) is 12.6. The lowest BCUT2D eigenvalue weighted by atomic mass is 9.98. The molecule has 0 saturated heterocycles. The lowest BCUT2D eigenvalue weighted by molar-refractivity contribution is -0.139. The number of nitrogens with one attached hydrogen (secondary N) is 1. The summed E-state index contributed by atoms with van der Waals surface area (Å²) in [5.74, 6) is -1.74. The number of aromatic nitrogens is 2. The molecule has 0 bridgehead atoms. The average Bonchev–Trinajstić information content (AvgIpc) is 3.47.